The van der Waals surface area contributed by atoms with Gasteiger partial charge in [-0.3, -0.25) is 10.1 Å². The van der Waals surface area contributed by atoms with Crippen molar-refractivity contribution in [3.8, 4) is 0 Å². The Balaban J connectivity index is 1.92. The van der Waals surface area contributed by atoms with E-state index in [4.69, 9.17) is 23.2 Å². The summed E-state index contributed by atoms with van der Waals surface area (Å²) in [5.74, 6) is 0.151. The molecule has 6 heteroatoms. The first-order chi connectivity index (χ1) is 10.9. The zero-order chi connectivity index (χ0) is 17.0. The van der Waals surface area contributed by atoms with Gasteiger partial charge in [0.25, 0.3) is 0 Å². The number of carbonyl (C=O) groups excluding carboxylic acids is 1. The van der Waals surface area contributed by atoms with Crippen LogP contribution in [0.3, 0.4) is 0 Å². The number of amides is 1. The number of nitrogens with zero attached hydrogens (tertiary/aromatic N) is 2. The molecule has 1 aromatic rings. The van der Waals surface area contributed by atoms with E-state index in [0.29, 0.717) is 10.0 Å². The minimum absolute atomic E-state index is 0.0179. The summed E-state index contributed by atoms with van der Waals surface area (Å²) in [4.78, 5) is 16.9. The SMILES string of the molecule is CCN1CCN(C(=O)C(C)NC(C)c2ccc(Cl)cc2Cl)CC1. The van der Waals surface area contributed by atoms with Crippen LogP contribution in [-0.4, -0.2) is 54.5 Å². The number of halogens is 2. The van der Waals surface area contributed by atoms with E-state index in [0.717, 1.165) is 38.3 Å². The van der Waals surface area contributed by atoms with Crippen LogP contribution in [0, 0.1) is 0 Å². The lowest BCUT2D eigenvalue weighted by Gasteiger charge is -2.36. The number of rotatable bonds is 5. The third-order valence-electron chi connectivity index (χ3n) is 4.43. The summed E-state index contributed by atoms with van der Waals surface area (Å²) < 4.78 is 0. The quantitative estimate of drug-likeness (QED) is 0.878. The fourth-order valence-electron chi connectivity index (χ4n) is 2.95. The number of piperazine rings is 1. The van der Waals surface area contributed by atoms with Crippen molar-refractivity contribution in [3.05, 3.63) is 33.8 Å². The molecule has 1 aliphatic heterocycles. The van der Waals surface area contributed by atoms with Crippen LogP contribution in [0.4, 0.5) is 0 Å². The van der Waals surface area contributed by atoms with Crippen molar-refractivity contribution in [2.75, 3.05) is 32.7 Å². The van der Waals surface area contributed by atoms with Gasteiger partial charge in [0, 0.05) is 42.3 Å². The van der Waals surface area contributed by atoms with Gasteiger partial charge in [-0.25, -0.2) is 0 Å². The highest BCUT2D eigenvalue weighted by Crippen LogP contribution is 2.26. The molecule has 0 radical (unpaired) electrons. The molecule has 1 amide bonds. The topological polar surface area (TPSA) is 35.6 Å². The van der Waals surface area contributed by atoms with Crippen LogP contribution >= 0.6 is 23.2 Å². The molecule has 0 aliphatic carbocycles. The van der Waals surface area contributed by atoms with Gasteiger partial charge in [-0.2, -0.15) is 0 Å². The Morgan fingerprint density at radius 2 is 1.87 bits per heavy atom. The highest BCUT2D eigenvalue weighted by Gasteiger charge is 2.25. The summed E-state index contributed by atoms with van der Waals surface area (Å²) in [5.41, 5.74) is 0.950. The fraction of sp³-hybridized carbons (Fsp3) is 0.588. The predicted molar refractivity (Wildman–Crippen MR) is 96.2 cm³/mol. The molecule has 1 N–H and O–H groups in total. The maximum atomic E-state index is 12.6. The highest BCUT2D eigenvalue weighted by atomic mass is 35.5. The summed E-state index contributed by atoms with van der Waals surface area (Å²) in [6.07, 6.45) is 0. The second-order valence-corrected chi connectivity index (χ2v) is 6.88. The minimum atomic E-state index is -0.245. The van der Waals surface area contributed by atoms with Crippen LogP contribution in [0.15, 0.2) is 18.2 Å². The lowest BCUT2D eigenvalue weighted by Crippen LogP contribution is -2.53. The Morgan fingerprint density at radius 1 is 1.22 bits per heavy atom. The fourth-order valence-corrected chi connectivity index (χ4v) is 3.52. The molecule has 128 valence electrons. The average molecular weight is 358 g/mol. The molecule has 0 saturated carbocycles. The molecule has 2 rings (SSSR count). The normalized spacial score (nSPS) is 18.7. The van der Waals surface area contributed by atoms with Gasteiger partial charge in [-0.1, -0.05) is 36.2 Å². The molecule has 1 aromatic carbocycles. The Kier molecular flexibility index (Phi) is 6.72. The Morgan fingerprint density at radius 3 is 2.43 bits per heavy atom. The van der Waals surface area contributed by atoms with Crippen molar-refractivity contribution >= 4 is 29.1 Å². The summed E-state index contributed by atoms with van der Waals surface area (Å²) in [7, 11) is 0. The Labute approximate surface area is 148 Å². The number of hydrogen-bond acceptors (Lipinski definition) is 3. The number of nitrogens with one attached hydrogen (secondary N) is 1. The molecule has 4 nitrogen and oxygen atoms in total. The molecule has 0 spiro atoms. The van der Waals surface area contributed by atoms with E-state index in [-0.39, 0.29) is 18.0 Å². The van der Waals surface area contributed by atoms with Gasteiger partial charge >= 0.3 is 0 Å². The lowest BCUT2D eigenvalue weighted by molar-refractivity contribution is -0.135. The van der Waals surface area contributed by atoms with Gasteiger partial charge in [0.05, 0.1) is 6.04 Å². The lowest BCUT2D eigenvalue weighted by atomic mass is 10.1. The van der Waals surface area contributed by atoms with E-state index < -0.39 is 0 Å². The average Bonchev–Trinajstić information content (AvgIpc) is 2.54. The predicted octanol–water partition coefficient (Wildman–Crippen LogP) is 3.20. The highest BCUT2D eigenvalue weighted by molar-refractivity contribution is 6.35. The van der Waals surface area contributed by atoms with E-state index in [1.165, 1.54) is 0 Å². The number of likely N-dealkylation sites (N-methyl/N-ethyl adjacent to an activating group) is 1. The van der Waals surface area contributed by atoms with Crippen molar-refractivity contribution in [2.45, 2.75) is 32.9 Å². The first kappa shape index (κ1) is 18.5. The maximum Gasteiger partial charge on any atom is 0.239 e. The third kappa shape index (κ3) is 4.83. The molecule has 1 saturated heterocycles. The molecule has 1 fully saturated rings. The van der Waals surface area contributed by atoms with Crippen molar-refractivity contribution in [2.24, 2.45) is 0 Å². The monoisotopic (exact) mass is 357 g/mol. The molecule has 1 aliphatic rings. The second kappa shape index (κ2) is 8.34. The molecule has 0 bridgehead atoms. The largest absolute Gasteiger partial charge is 0.339 e. The molecular weight excluding hydrogens is 333 g/mol. The summed E-state index contributed by atoms with van der Waals surface area (Å²) in [6, 6.07) is 5.19. The summed E-state index contributed by atoms with van der Waals surface area (Å²) in [5, 5.41) is 4.58. The van der Waals surface area contributed by atoms with Gasteiger partial charge in [-0.05, 0) is 38.1 Å². The van der Waals surface area contributed by atoms with E-state index in [2.05, 4.69) is 17.1 Å². The van der Waals surface area contributed by atoms with Crippen LogP contribution < -0.4 is 5.32 Å². The van der Waals surface area contributed by atoms with Crippen LogP contribution in [0.2, 0.25) is 10.0 Å². The zero-order valence-corrected chi connectivity index (χ0v) is 15.5. The number of benzene rings is 1. The smallest absolute Gasteiger partial charge is 0.239 e. The van der Waals surface area contributed by atoms with E-state index in [1.807, 2.05) is 30.9 Å². The van der Waals surface area contributed by atoms with Crippen molar-refractivity contribution in [1.82, 2.24) is 15.1 Å². The molecule has 23 heavy (non-hydrogen) atoms. The minimum Gasteiger partial charge on any atom is -0.339 e. The molecule has 2 unspecified atom stereocenters. The Bertz CT molecular complexity index is 545. The van der Waals surface area contributed by atoms with Crippen LogP contribution in [0.5, 0.6) is 0 Å². The van der Waals surface area contributed by atoms with Crippen LogP contribution in [0.1, 0.15) is 32.4 Å². The van der Waals surface area contributed by atoms with Gasteiger partial charge in [-0.15, -0.1) is 0 Å². The summed E-state index contributed by atoms with van der Waals surface area (Å²) in [6.45, 7) is 10.6. The molecule has 2 atom stereocenters. The van der Waals surface area contributed by atoms with Crippen molar-refractivity contribution in [3.63, 3.8) is 0 Å². The summed E-state index contributed by atoms with van der Waals surface area (Å²) >= 11 is 12.2. The number of carbonyl (C=O) groups is 1. The Hall–Kier alpha value is -0.810. The second-order valence-electron chi connectivity index (χ2n) is 6.04. The molecule has 1 heterocycles. The van der Waals surface area contributed by atoms with Crippen molar-refractivity contribution < 1.29 is 4.79 Å². The number of hydrogen-bond donors (Lipinski definition) is 1. The first-order valence-electron chi connectivity index (χ1n) is 8.14. The standard InChI is InChI=1S/C17H25Cl2N3O/c1-4-21-7-9-22(10-8-21)17(23)13(3)20-12(2)15-6-5-14(18)11-16(15)19/h5-6,11-13,20H,4,7-10H2,1-3H3. The molecular formula is C17H25Cl2N3O. The van der Waals surface area contributed by atoms with Gasteiger partial charge < -0.3 is 9.80 Å². The zero-order valence-electron chi connectivity index (χ0n) is 14.0. The van der Waals surface area contributed by atoms with Crippen molar-refractivity contribution in [1.29, 1.82) is 0 Å². The first-order valence-corrected chi connectivity index (χ1v) is 8.90. The van der Waals surface area contributed by atoms with Crippen LogP contribution in [-0.2, 0) is 4.79 Å². The van der Waals surface area contributed by atoms with Crippen LogP contribution in [0.25, 0.3) is 0 Å². The molecule has 0 aromatic heterocycles. The van der Waals surface area contributed by atoms with E-state index >= 15 is 0 Å². The van der Waals surface area contributed by atoms with Gasteiger partial charge in [0.2, 0.25) is 5.91 Å². The third-order valence-corrected chi connectivity index (χ3v) is 4.99. The van der Waals surface area contributed by atoms with E-state index in [1.54, 1.807) is 6.07 Å². The van der Waals surface area contributed by atoms with E-state index in [9.17, 15) is 4.79 Å². The van der Waals surface area contributed by atoms with Gasteiger partial charge in [0.1, 0.15) is 0 Å². The van der Waals surface area contributed by atoms with Gasteiger partial charge in [0.15, 0.2) is 0 Å². The maximum absolute atomic E-state index is 12.6.